The molecule has 0 saturated carbocycles. The average Bonchev–Trinajstić information content (AvgIpc) is 3.50. The molecule has 0 aliphatic carbocycles. The number of hydrogen-bond acceptors (Lipinski definition) is 7. The quantitative estimate of drug-likeness (QED) is 0.292. The zero-order valence-electron chi connectivity index (χ0n) is 21.4. The van der Waals surface area contributed by atoms with Crippen LogP contribution in [0, 0.1) is 6.92 Å². The lowest BCUT2D eigenvalue weighted by Crippen LogP contribution is -2.48. The standard InChI is InChI=1S/C25H30N8OS.2ClH/c1-15-26-18-11-12-35-20(18)23(27-15)29-22-17-13-33(25(2,3)21(17)30-31-22)24(34)28-19(14-32(4)5)16-9-7-6-8-10-16;;/h6-12,19H,13-14H2,1-5H3,(H,28,34)(H2,26,27,29,30,31);2*1H/t19-;;/m1../s1. The maximum Gasteiger partial charge on any atom is 0.319 e. The zero-order chi connectivity index (χ0) is 24.7. The molecule has 1 atom stereocenters. The topological polar surface area (TPSA) is 102 Å². The van der Waals surface area contributed by atoms with Crippen molar-refractivity contribution in [3.8, 4) is 0 Å². The van der Waals surface area contributed by atoms with Gasteiger partial charge in [-0.3, -0.25) is 5.10 Å². The first-order valence-electron chi connectivity index (χ1n) is 11.6. The van der Waals surface area contributed by atoms with Crippen molar-refractivity contribution < 1.29 is 4.79 Å². The molecule has 1 aliphatic heterocycles. The van der Waals surface area contributed by atoms with Crippen LogP contribution in [0.3, 0.4) is 0 Å². The maximum absolute atomic E-state index is 13.6. The molecule has 4 heterocycles. The molecule has 0 unspecified atom stereocenters. The minimum Gasteiger partial charge on any atom is -0.330 e. The van der Waals surface area contributed by atoms with Crippen molar-refractivity contribution in [2.45, 2.75) is 38.9 Å². The van der Waals surface area contributed by atoms with Crippen LogP contribution in [0.25, 0.3) is 10.2 Å². The lowest BCUT2D eigenvalue weighted by atomic mass is 10.0. The van der Waals surface area contributed by atoms with Gasteiger partial charge in [-0.25, -0.2) is 14.8 Å². The summed E-state index contributed by atoms with van der Waals surface area (Å²) in [5.41, 5.74) is 3.33. The Morgan fingerprint density at radius 1 is 1.16 bits per heavy atom. The number of aromatic amines is 1. The number of fused-ring (bicyclic) bond motifs is 2. The minimum absolute atomic E-state index is 0. The molecule has 1 aliphatic rings. The summed E-state index contributed by atoms with van der Waals surface area (Å²) in [4.78, 5) is 26.6. The third-order valence-electron chi connectivity index (χ3n) is 6.41. The normalized spacial score (nSPS) is 14.6. The molecule has 0 spiro atoms. The van der Waals surface area contributed by atoms with Crippen LogP contribution in [-0.2, 0) is 12.1 Å². The molecular formula is C25H32Cl2N8OS. The van der Waals surface area contributed by atoms with Gasteiger partial charge in [-0.05, 0) is 51.9 Å². The summed E-state index contributed by atoms with van der Waals surface area (Å²) in [6, 6.07) is 11.8. The van der Waals surface area contributed by atoms with Gasteiger partial charge in [0.1, 0.15) is 5.82 Å². The number of likely N-dealkylation sites (N-methyl/N-ethyl adjacent to an activating group) is 1. The molecule has 198 valence electrons. The molecule has 0 saturated heterocycles. The number of hydrogen-bond donors (Lipinski definition) is 3. The van der Waals surface area contributed by atoms with E-state index < -0.39 is 5.54 Å². The summed E-state index contributed by atoms with van der Waals surface area (Å²) < 4.78 is 0.980. The first-order valence-corrected chi connectivity index (χ1v) is 12.5. The lowest BCUT2D eigenvalue weighted by Gasteiger charge is -2.34. The van der Waals surface area contributed by atoms with Gasteiger partial charge in [0.25, 0.3) is 0 Å². The third-order valence-corrected chi connectivity index (χ3v) is 7.33. The number of aryl methyl sites for hydroxylation is 1. The van der Waals surface area contributed by atoms with Crippen LogP contribution < -0.4 is 10.6 Å². The molecule has 2 amide bonds. The van der Waals surface area contributed by atoms with E-state index in [-0.39, 0.29) is 36.9 Å². The van der Waals surface area contributed by atoms with Crippen LogP contribution in [0.2, 0.25) is 0 Å². The SMILES string of the molecule is Cc1nc(Nc2n[nH]c3c2CN(C(=O)N[C@H](CN(C)C)c2ccccc2)C3(C)C)c2sccc2n1.Cl.Cl. The molecule has 0 radical (unpaired) electrons. The number of anilines is 2. The molecule has 9 nitrogen and oxygen atoms in total. The van der Waals surface area contributed by atoms with Gasteiger partial charge in [-0.2, -0.15) is 5.10 Å². The van der Waals surface area contributed by atoms with E-state index in [0.717, 1.165) is 32.9 Å². The molecule has 12 heteroatoms. The van der Waals surface area contributed by atoms with E-state index in [1.807, 2.05) is 81.5 Å². The van der Waals surface area contributed by atoms with Crippen LogP contribution in [0.15, 0.2) is 41.8 Å². The maximum atomic E-state index is 13.6. The van der Waals surface area contributed by atoms with Crippen molar-refractivity contribution in [3.05, 3.63) is 64.4 Å². The van der Waals surface area contributed by atoms with E-state index in [1.165, 1.54) is 0 Å². The van der Waals surface area contributed by atoms with E-state index >= 15 is 0 Å². The number of urea groups is 1. The lowest BCUT2D eigenvalue weighted by molar-refractivity contribution is 0.138. The zero-order valence-corrected chi connectivity index (χ0v) is 23.9. The van der Waals surface area contributed by atoms with E-state index in [4.69, 9.17) is 0 Å². The Morgan fingerprint density at radius 3 is 2.59 bits per heavy atom. The van der Waals surface area contributed by atoms with Gasteiger partial charge in [-0.1, -0.05) is 30.3 Å². The van der Waals surface area contributed by atoms with Crippen LogP contribution in [0.1, 0.15) is 42.5 Å². The van der Waals surface area contributed by atoms with Gasteiger partial charge in [0.05, 0.1) is 34.0 Å². The van der Waals surface area contributed by atoms with Gasteiger partial charge in [0.2, 0.25) is 0 Å². The van der Waals surface area contributed by atoms with Gasteiger partial charge < -0.3 is 20.4 Å². The number of benzene rings is 1. The number of rotatable bonds is 6. The molecule has 37 heavy (non-hydrogen) atoms. The summed E-state index contributed by atoms with van der Waals surface area (Å²) in [5, 5.41) is 16.4. The van der Waals surface area contributed by atoms with Gasteiger partial charge in [0.15, 0.2) is 11.6 Å². The highest BCUT2D eigenvalue weighted by molar-refractivity contribution is 7.17. The number of H-pyrrole nitrogens is 1. The second-order valence-corrected chi connectivity index (χ2v) is 10.5. The second-order valence-electron chi connectivity index (χ2n) is 9.63. The number of carbonyl (C=O) groups excluding carboxylic acids is 1. The average molecular weight is 564 g/mol. The fraction of sp³-hybridized carbons (Fsp3) is 0.360. The number of halogens is 2. The van der Waals surface area contributed by atoms with Crippen molar-refractivity contribution in [1.29, 1.82) is 0 Å². The summed E-state index contributed by atoms with van der Waals surface area (Å²) in [5.74, 6) is 2.11. The molecule has 4 aromatic rings. The molecule has 3 aromatic heterocycles. The van der Waals surface area contributed by atoms with Crippen molar-refractivity contribution in [2.75, 3.05) is 26.0 Å². The Hall–Kier alpha value is -2.92. The van der Waals surface area contributed by atoms with Crippen molar-refractivity contribution in [3.63, 3.8) is 0 Å². The Bertz CT molecular complexity index is 1370. The van der Waals surface area contributed by atoms with Crippen molar-refractivity contribution in [2.24, 2.45) is 0 Å². The highest BCUT2D eigenvalue weighted by atomic mass is 35.5. The largest absolute Gasteiger partial charge is 0.330 e. The van der Waals surface area contributed by atoms with Crippen molar-refractivity contribution >= 4 is 64.0 Å². The monoisotopic (exact) mass is 562 g/mol. The highest BCUT2D eigenvalue weighted by Crippen LogP contribution is 2.41. The molecular weight excluding hydrogens is 531 g/mol. The first kappa shape index (κ1) is 28.6. The van der Waals surface area contributed by atoms with Crippen LogP contribution in [0.5, 0.6) is 0 Å². The van der Waals surface area contributed by atoms with E-state index in [0.29, 0.717) is 24.7 Å². The van der Waals surface area contributed by atoms with Crippen LogP contribution in [0.4, 0.5) is 16.4 Å². The Morgan fingerprint density at radius 2 is 1.89 bits per heavy atom. The molecule has 1 aromatic carbocycles. The summed E-state index contributed by atoms with van der Waals surface area (Å²) >= 11 is 1.59. The summed E-state index contributed by atoms with van der Waals surface area (Å²) in [6.07, 6.45) is 0. The Labute approximate surface area is 232 Å². The van der Waals surface area contributed by atoms with Crippen molar-refractivity contribution in [1.82, 2.24) is 35.3 Å². The first-order chi connectivity index (χ1) is 16.7. The van der Waals surface area contributed by atoms with Gasteiger partial charge >= 0.3 is 6.03 Å². The van der Waals surface area contributed by atoms with E-state index in [9.17, 15) is 4.79 Å². The number of nitrogens with zero attached hydrogens (tertiary/aromatic N) is 5. The summed E-state index contributed by atoms with van der Waals surface area (Å²) in [6.45, 7) is 7.09. The minimum atomic E-state index is -0.550. The summed E-state index contributed by atoms with van der Waals surface area (Å²) in [7, 11) is 4.02. The fourth-order valence-corrected chi connectivity index (χ4v) is 5.41. The second kappa shape index (κ2) is 11.2. The number of aromatic nitrogens is 4. The third kappa shape index (κ3) is 5.52. The number of thiophene rings is 1. The van der Waals surface area contributed by atoms with Gasteiger partial charge in [-0.15, -0.1) is 36.2 Å². The molecule has 0 bridgehead atoms. The molecule has 3 N–H and O–H groups in total. The van der Waals surface area contributed by atoms with Crippen LogP contribution >= 0.6 is 36.2 Å². The predicted molar refractivity (Wildman–Crippen MR) is 153 cm³/mol. The van der Waals surface area contributed by atoms with E-state index in [2.05, 4.69) is 35.7 Å². The Kier molecular flexibility index (Phi) is 8.69. The fourth-order valence-electron chi connectivity index (χ4n) is 4.63. The van der Waals surface area contributed by atoms with E-state index in [1.54, 1.807) is 11.3 Å². The Balaban J connectivity index is 0.00000190. The number of amides is 2. The van der Waals surface area contributed by atoms with Gasteiger partial charge in [0, 0.05) is 12.1 Å². The number of carbonyl (C=O) groups is 1. The van der Waals surface area contributed by atoms with Crippen LogP contribution in [-0.4, -0.2) is 56.6 Å². The predicted octanol–water partition coefficient (Wildman–Crippen LogP) is 5.37. The highest BCUT2D eigenvalue weighted by Gasteiger charge is 2.44. The smallest absolute Gasteiger partial charge is 0.319 e. The number of nitrogens with one attached hydrogen (secondary N) is 3. The molecule has 5 rings (SSSR count). The molecule has 0 fully saturated rings.